The highest BCUT2D eigenvalue weighted by molar-refractivity contribution is 8.05. The lowest BCUT2D eigenvalue weighted by atomic mass is 9.82. The van der Waals surface area contributed by atoms with Crippen LogP contribution in [-0.2, 0) is 10.8 Å². The van der Waals surface area contributed by atoms with Crippen molar-refractivity contribution in [3.05, 3.63) is 241 Å². The summed E-state index contributed by atoms with van der Waals surface area (Å²) in [4.78, 5) is 7.69. The van der Waals surface area contributed by atoms with E-state index in [0.29, 0.717) is 0 Å². The summed E-state index contributed by atoms with van der Waals surface area (Å²) < 4.78 is 2.51. The molecule has 70 heavy (non-hydrogen) atoms. The van der Waals surface area contributed by atoms with Gasteiger partial charge in [0.05, 0.1) is 11.0 Å². The van der Waals surface area contributed by atoms with E-state index in [9.17, 15) is 0 Å². The Balaban J connectivity index is 0.856. The Bertz CT molecular complexity index is 3920. The Morgan fingerprint density at radius 2 is 0.771 bits per heavy atom. The third-order valence-corrected chi connectivity index (χ3v) is 18.0. The van der Waals surface area contributed by atoms with Crippen LogP contribution in [0.25, 0.3) is 72.0 Å². The largest absolute Gasteiger partial charge is 0.310 e. The minimum Gasteiger partial charge on any atom is -0.310 e. The molecule has 0 saturated carbocycles. The molecule has 10 aromatic carbocycles. The molecule has 2 aliphatic carbocycles. The first-order valence-electron chi connectivity index (χ1n) is 24.3. The van der Waals surface area contributed by atoms with Gasteiger partial charge in [0, 0.05) is 63.9 Å². The smallest absolute Gasteiger partial charge is 0.0553 e. The van der Waals surface area contributed by atoms with Crippen molar-refractivity contribution in [2.45, 2.75) is 58.1 Å². The van der Waals surface area contributed by atoms with E-state index in [4.69, 9.17) is 0 Å². The van der Waals surface area contributed by atoms with Crippen molar-refractivity contribution in [2.75, 3.05) is 4.90 Å². The van der Waals surface area contributed by atoms with Gasteiger partial charge in [-0.1, -0.05) is 185 Å². The number of anilines is 3. The first-order chi connectivity index (χ1) is 34.2. The van der Waals surface area contributed by atoms with E-state index in [1.807, 2.05) is 23.5 Å². The fourth-order valence-electron chi connectivity index (χ4n) is 11.8. The van der Waals surface area contributed by atoms with Crippen LogP contribution in [0.5, 0.6) is 0 Å². The fraction of sp³-hybridized carbons (Fsp3) is 0.0909. The number of rotatable bonds is 6. The Hall–Kier alpha value is -7.50. The molecular formula is C66H48N2S2. The lowest BCUT2D eigenvalue weighted by molar-refractivity contribution is 0.660. The molecule has 0 spiro atoms. The highest BCUT2D eigenvalue weighted by atomic mass is 32.2. The van der Waals surface area contributed by atoms with Gasteiger partial charge >= 0.3 is 0 Å². The molecule has 1 aromatic heterocycles. The maximum absolute atomic E-state index is 2.51. The molecule has 0 amide bonds. The summed E-state index contributed by atoms with van der Waals surface area (Å²) in [5.41, 5.74) is 22.5. The van der Waals surface area contributed by atoms with Crippen LogP contribution >= 0.6 is 23.5 Å². The van der Waals surface area contributed by atoms with E-state index >= 15 is 0 Å². The molecule has 2 nitrogen and oxygen atoms in total. The van der Waals surface area contributed by atoms with E-state index in [-0.39, 0.29) is 10.8 Å². The van der Waals surface area contributed by atoms with Gasteiger partial charge in [-0.15, -0.1) is 0 Å². The van der Waals surface area contributed by atoms with Crippen LogP contribution in [0.1, 0.15) is 49.9 Å². The number of hydrogen-bond donors (Lipinski definition) is 0. The lowest BCUT2D eigenvalue weighted by Crippen LogP contribution is -2.16. The topological polar surface area (TPSA) is 8.17 Å². The quantitative estimate of drug-likeness (QED) is 0.164. The van der Waals surface area contributed by atoms with E-state index < -0.39 is 0 Å². The molecule has 11 aromatic rings. The van der Waals surface area contributed by atoms with Gasteiger partial charge in [0.2, 0.25) is 0 Å². The van der Waals surface area contributed by atoms with Gasteiger partial charge in [-0.05, 0) is 152 Å². The Morgan fingerprint density at radius 3 is 1.39 bits per heavy atom. The van der Waals surface area contributed by atoms with Crippen LogP contribution < -0.4 is 4.90 Å². The summed E-state index contributed by atoms with van der Waals surface area (Å²) in [7, 11) is 0. The van der Waals surface area contributed by atoms with Gasteiger partial charge in [-0.2, -0.15) is 0 Å². The molecule has 4 heteroatoms. The first-order valence-corrected chi connectivity index (χ1v) is 25.9. The lowest BCUT2D eigenvalue weighted by Gasteiger charge is -2.28. The van der Waals surface area contributed by atoms with Crippen molar-refractivity contribution in [3.63, 3.8) is 0 Å². The van der Waals surface area contributed by atoms with Crippen LogP contribution in [0.4, 0.5) is 17.1 Å². The van der Waals surface area contributed by atoms with Crippen LogP contribution in [0.2, 0.25) is 0 Å². The van der Waals surface area contributed by atoms with E-state index in [1.54, 1.807) is 0 Å². The van der Waals surface area contributed by atoms with Gasteiger partial charge in [0.15, 0.2) is 0 Å². The predicted molar refractivity (Wildman–Crippen MR) is 296 cm³/mol. The zero-order valence-electron chi connectivity index (χ0n) is 39.5. The van der Waals surface area contributed by atoms with Crippen molar-refractivity contribution in [2.24, 2.45) is 0 Å². The second kappa shape index (κ2) is 15.5. The standard InChI is InChI=1S/C66H48N2S2/c1-65(2)55-18-10-8-16-49(55)51-35-34-48(36-57(51)65)67(45-28-22-42(23-29-45)41-14-6-5-7-15-41)46-30-24-43(25-31-46)44-26-32-47(33-27-44)68-59-39-58-52(50-17-9-11-19-56(50)66(58,3)4)37-53(59)54-38-63-64(40-60(54)68)70-62-21-13-12-20-61(62)69-63/h5-40H,1-4H3. The molecule has 0 unspecified atom stereocenters. The summed E-state index contributed by atoms with van der Waals surface area (Å²) in [6, 6.07) is 81.6. The second-order valence-electron chi connectivity index (χ2n) is 20.1. The third-order valence-electron chi connectivity index (χ3n) is 15.5. The molecule has 0 bridgehead atoms. The normalized spacial score (nSPS) is 14.4. The van der Waals surface area contributed by atoms with E-state index in [2.05, 4.69) is 256 Å². The number of nitrogens with zero attached hydrogens (tertiary/aromatic N) is 2. The Morgan fingerprint density at radius 1 is 0.329 bits per heavy atom. The molecule has 3 aliphatic rings. The molecule has 14 rings (SSSR count). The minimum atomic E-state index is -0.105. The Labute approximate surface area is 418 Å². The van der Waals surface area contributed by atoms with Gasteiger partial charge in [-0.25, -0.2) is 0 Å². The summed E-state index contributed by atoms with van der Waals surface area (Å²) in [5.74, 6) is 0. The number of fused-ring (bicyclic) bond motifs is 11. The second-order valence-corrected chi connectivity index (χ2v) is 22.3. The average Bonchev–Trinajstić information content (AvgIpc) is 3.93. The summed E-state index contributed by atoms with van der Waals surface area (Å²) in [5, 5.41) is 2.59. The number of hydrogen-bond acceptors (Lipinski definition) is 3. The van der Waals surface area contributed by atoms with Gasteiger partial charge in [0.1, 0.15) is 0 Å². The van der Waals surface area contributed by atoms with E-state index in [1.165, 1.54) is 108 Å². The van der Waals surface area contributed by atoms with Crippen molar-refractivity contribution in [1.29, 1.82) is 0 Å². The van der Waals surface area contributed by atoms with Gasteiger partial charge < -0.3 is 9.47 Å². The molecule has 0 saturated heterocycles. The van der Waals surface area contributed by atoms with Crippen LogP contribution in [0, 0.1) is 0 Å². The van der Waals surface area contributed by atoms with Crippen LogP contribution in [0.15, 0.2) is 238 Å². The van der Waals surface area contributed by atoms with Crippen LogP contribution in [-0.4, -0.2) is 4.57 Å². The summed E-state index contributed by atoms with van der Waals surface area (Å²) >= 11 is 3.78. The van der Waals surface area contributed by atoms with E-state index in [0.717, 1.165) is 22.7 Å². The predicted octanol–water partition coefficient (Wildman–Crippen LogP) is 18.8. The first kappa shape index (κ1) is 41.5. The fourth-order valence-corrected chi connectivity index (χ4v) is 14.1. The zero-order valence-corrected chi connectivity index (χ0v) is 41.1. The molecule has 334 valence electrons. The minimum absolute atomic E-state index is 0.103. The SMILES string of the molecule is CC1(C)c2ccccc2-c2ccc(N(c3ccc(-c4ccccc4)cc3)c3ccc(-c4ccc(-n5c6cc7c(cc6c6cc8c(cc65)C(C)(C)c5ccccc5-8)Sc5ccccc5S7)cc4)cc3)cc21. The highest BCUT2D eigenvalue weighted by Crippen LogP contribution is 2.55. The average molecular weight is 933 g/mol. The van der Waals surface area contributed by atoms with Crippen LogP contribution in [0.3, 0.4) is 0 Å². The van der Waals surface area contributed by atoms with Gasteiger partial charge in [0.25, 0.3) is 0 Å². The zero-order chi connectivity index (χ0) is 46.9. The monoisotopic (exact) mass is 932 g/mol. The highest BCUT2D eigenvalue weighted by Gasteiger charge is 2.37. The molecule has 0 atom stereocenters. The van der Waals surface area contributed by atoms with Crippen molar-refractivity contribution < 1.29 is 0 Å². The maximum atomic E-state index is 2.51. The molecule has 2 heterocycles. The molecule has 1 aliphatic heterocycles. The van der Waals surface area contributed by atoms with Crippen molar-refractivity contribution >= 4 is 62.4 Å². The summed E-state index contributed by atoms with van der Waals surface area (Å²) in [6.45, 7) is 9.48. The molecule has 0 radical (unpaired) electrons. The third kappa shape index (κ3) is 6.29. The molecule has 0 fully saturated rings. The van der Waals surface area contributed by atoms with Crippen molar-refractivity contribution in [3.8, 4) is 50.2 Å². The van der Waals surface area contributed by atoms with Gasteiger partial charge in [-0.3, -0.25) is 0 Å². The molecular weight excluding hydrogens is 885 g/mol. The maximum Gasteiger partial charge on any atom is 0.0553 e. The summed E-state index contributed by atoms with van der Waals surface area (Å²) in [6.07, 6.45) is 0. The number of aromatic nitrogens is 1. The van der Waals surface area contributed by atoms with Crippen molar-refractivity contribution in [1.82, 2.24) is 4.57 Å². The number of benzene rings is 10. The molecule has 0 N–H and O–H groups in total. The Kier molecular flexibility index (Phi) is 9.18.